The molecule has 0 nitrogen and oxygen atoms in total. The Labute approximate surface area is 85.1 Å². The van der Waals surface area contributed by atoms with Crippen molar-refractivity contribution in [3.8, 4) is 0 Å². The number of rotatable bonds is 7. The second kappa shape index (κ2) is 7.41. The summed E-state index contributed by atoms with van der Waals surface area (Å²) in [5.74, 6) is 3.46. The summed E-state index contributed by atoms with van der Waals surface area (Å²) in [6, 6.07) is 0. The molecule has 0 aliphatic rings. The molecule has 0 radical (unpaired) electrons. The molecule has 0 fully saturated rings. The van der Waals surface area contributed by atoms with Crippen LogP contribution < -0.4 is 0 Å². The maximum absolute atomic E-state index is 2.39. The van der Waals surface area contributed by atoms with Crippen LogP contribution in [0.5, 0.6) is 0 Å². The average molecular weight is 183 g/mol. The molecular formula is C13H27-. The van der Waals surface area contributed by atoms with Gasteiger partial charge in [-0.1, -0.05) is 52.9 Å². The van der Waals surface area contributed by atoms with Crippen LogP contribution in [0, 0.1) is 17.8 Å². The molecule has 0 bridgehead atoms. The minimum absolute atomic E-state index is 0.869. The van der Waals surface area contributed by atoms with E-state index in [1.807, 2.05) is 0 Å². The van der Waals surface area contributed by atoms with Crippen molar-refractivity contribution >= 4 is 0 Å². The predicted molar refractivity (Wildman–Crippen MR) is 61.7 cm³/mol. The van der Waals surface area contributed by atoms with Crippen molar-refractivity contribution in [1.29, 1.82) is 0 Å². The molecule has 0 amide bonds. The Morgan fingerprint density at radius 1 is 1.08 bits per heavy atom. The third kappa shape index (κ3) is 8.33. The summed E-state index contributed by atoms with van der Waals surface area (Å²) in [6.07, 6.45) is 6.77. The summed E-state index contributed by atoms with van der Waals surface area (Å²) in [4.78, 5) is 0. The summed E-state index contributed by atoms with van der Waals surface area (Å²) in [5, 5.41) is 0. The van der Waals surface area contributed by atoms with Gasteiger partial charge in [-0.05, 0) is 5.92 Å². The standard InChI is InChI=1S/C13H27/c1-6-7-12(4)10-13(5)9-8-11(2)3/h11,13H,6-10H2,1-5H3/q-1. The van der Waals surface area contributed by atoms with Gasteiger partial charge in [0, 0.05) is 0 Å². The summed E-state index contributed by atoms with van der Waals surface area (Å²) in [7, 11) is 0. The van der Waals surface area contributed by atoms with Crippen LogP contribution in [0.25, 0.3) is 0 Å². The van der Waals surface area contributed by atoms with Crippen molar-refractivity contribution in [2.24, 2.45) is 11.8 Å². The molecule has 0 saturated carbocycles. The first-order valence-corrected chi connectivity index (χ1v) is 5.87. The molecule has 0 aliphatic heterocycles. The largest absolute Gasteiger partial charge is 0.316 e. The molecule has 0 rings (SSSR count). The maximum Gasteiger partial charge on any atom is -0.0471 e. The highest BCUT2D eigenvalue weighted by Gasteiger charge is 2.01. The normalized spacial score (nSPS) is 14.1. The molecule has 0 aromatic rings. The summed E-state index contributed by atoms with van der Waals surface area (Å²) in [5.41, 5.74) is 0. The van der Waals surface area contributed by atoms with Crippen molar-refractivity contribution < 1.29 is 0 Å². The van der Waals surface area contributed by atoms with Crippen molar-refractivity contribution in [3.63, 3.8) is 0 Å². The zero-order valence-corrected chi connectivity index (χ0v) is 10.2. The van der Waals surface area contributed by atoms with Gasteiger partial charge >= 0.3 is 0 Å². The van der Waals surface area contributed by atoms with Crippen molar-refractivity contribution in [1.82, 2.24) is 0 Å². The maximum atomic E-state index is 2.39. The van der Waals surface area contributed by atoms with E-state index < -0.39 is 0 Å². The Balaban J connectivity index is 3.43. The van der Waals surface area contributed by atoms with Crippen LogP contribution in [0.3, 0.4) is 0 Å². The van der Waals surface area contributed by atoms with Gasteiger partial charge in [-0.3, -0.25) is 0 Å². The Morgan fingerprint density at radius 2 is 1.69 bits per heavy atom. The predicted octanol–water partition coefficient (Wildman–Crippen LogP) is 4.84. The van der Waals surface area contributed by atoms with Gasteiger partial charge in [0.2, 0.25) is 0 Å². The molecule has 0 N–H and O–H groups in total. The lowest BCUT2D eigenvalue weighted by Gasteiger charge is -2.28. The molecule has 1 unspecified atom stereocenters. The minimum Gasteiger partial charge on any atom is -0.316 e. The summed E-state index contributed by atoms with van der Waals surface area (Å²) >= 11 is 0. The molecule has 1 atom stereocenters. The summed E-state index contributed by atoms with van der Waals surface area (Å²) < 4.78 is 0. The van der Waals surface area contributed by atoms with E-state index in [1.165, 1.54) is 32.1 Å². The van der Waals surface area contributed by atoms with E-state index >= 15 is 0 Å². The summed E-state index contributed by atoms with van der Waals surface area (Å²) in [6.45, 7) is 11.6. The van der Waals surface area contributed by atoms with E-state index in [2.05, 4.69) is 34.6 Å². The zero-order chi connectivity index (χ0) is 10.3. The van der Waals surface area contributed by atoms with Crippen LogP contribution in [0.1, 0.15) is 66.7 Å². The Hall–Kier alpha value is 0. The van der Waals surface area contributed by atoms with Gasteiger partial charge in [0.15, 0.2) is 0 Å². The lowest BCUT2D eigenvalue weighted by Crippen LogP contribution is -2.03. The first-order valence-electron chi connectivity index (χ1n) is 5.87. The number of hydrogen-bond donors (Lipinski definition) is 0. The van der Waals surface area contributed by atoms with Gasteiger partial charge in [0.1, 0.15) is 0 Å². The van der Waals surface area contributed by atoms with Crippen molar-refractivity contribution in [2.75, 3.05) is 0 Å². The average Bonchev–Trinajstić information content (AvgIpc) is 2.01. The van der Waals surface area contributed by atoms with Gasteiger partial charge < -0.3 is 5.92 Å². The highest BCUT2D eigenvalue weighted by Crippen LogP contribution is 2.23. The number of hydrogen-bond acceptors (Lipinski definition) is 0. The molecule has 0 heteroatoms. The molecule has 80 valence electrons. The van der Waals surface area contributed by atoms with Crippen LogP contribution in [0.4, 0.5) is 0 Å². The molecule has 0 aromatic carbocycles. The first-order chi connectivity index (χ1) is 6.06. The highest BCUT2D eigenvalue weighted by atomic mass is 14.1. The SMILES string of the molecule is CCC[C-](C)CC(C)CCC(C)C. The van der Waals surface area contributed by atoms with Crippen molar-refractivity contribution in [3.05, 3.63) is 5.92 Å². The van der Waals surface area contributed by atoms with Crippen LogP contribution >= 0.6 is 0 Å². The fourth-order valence-corrected chi connectivity index (χ4v) is 1.84. The monoisotopic (exact) mass is 183 g/mol. The van der Waals surface area contributed by atoms with E-state index in [0.717, 1.165) is 11.8 Å². The second-order valence-electron chi connectivity index (χ2n) is 4.99. The lowest BCUT2D eigenvalue weighted by atomic mass is 9.89. The second-order valence-corrected chi connectivity index (χ2v) is 4.99. The molecule has 0 heterocycles. The highest BCUT2D eigenvalue weighted by molar-refractivity contribution is 4.84. The fourth-order valence-electron chi connectivity index (χ4n) is 1.84. The van der Waals surface area contributed by atoms with Crippen molar-refractivity contribution in [2.45, 2.75) is 66.7 Å². The molecular weight excluding hydrogens is 156 g/mol. The van der Waals surface area contributed by atoms with E-state index in [-0.39, 0.29) is 0 Å². The van der Waals surface area contributed by atoms with Gasteiger partial charge in [0.05, 0.1) is 0 Å². The zero-order valence-electron chi connectivity index (χ0n) is 10.2. The third-order valence-corrected chi connectivity index (χ3v) is 2.61. The topological polar surface area (TPSA) is 0 Å². The Kier molecular flexibility index (Phi) is 7.41. The van der Waals surface area contributed by atoms with E-state index in [1.54, 1.807) is 5.92 Å². The quantitative estimate of drug-likeness (QED) is 0.495. The van der Waals surface area contributed by atoms with E-state index in [4.69, 9.17) is 0 Å². The van der Waals surface area contributed by atoms with Crippen LogP contribution in [-0.4, -0.2) is 0 Å². The lowest BCUT2D eigenvalue weighted by molar-refractivity contribution is 0.427. The van der Waals surface area contributed by atoms with Gasteiger partial charge in [-0.25, -0.2) is 0 Å². The van der Waals surface area contributed by atoms with Gasteiger partial charge in [-0.2, -0.15) is 19.8 Å². The molecule has 0 spiro atoms. The van der Waals surface area contributed by atoms with E-state index in [0.29, 0.717) is 0 Å². The van der Waals surface area contributed by atoms with Gasteiger partial charge in [0.25, 0.3) is 0 Å². The molecule has 0 aromatic heterocycles. The smallest absolute Gasteiger partial charge is 0.0471 e. The fraction of sp³-hybridized carbons (Fsp3) is 0.923. The van der Waals surface area contributed by atoms with Crippen LogP contribution in [0.15, 0.2) is 0 Å². The van der Waals surface area contributed by atoms with Crippen LogP contribution in [0.2, 0.25) is 0 Å². The van der Waals surface area contributed by atoms with Crippen LogP contribution in [-0.2, 0) is 0 Å². The Morgan fingerprint density at radius 3 is 2.15 bits per heavy atom. The minimum atomic E-state index is 0.869. The van der Waals surface area contributed by atoms with E-state index in [9.17, 15) is 0 Å². The molecule has 0 aliphatic carbocycles. The Bertz CT molecular complexity index is 105. The molecule has 13 heavy (non-hydrogen) atoms. The third-order valence-electron chi connectivity index (χ3n) is 2.61. The van der Waals surface area contributed by atoms with Gasteiger partial charge in [-0.15, -0.1) is 0 Å². The molecule has 0 saturated heterocycles. The first kappa shape index (κ1) is 13.0.